The molecule has 146 valence electrons. The number of amides is 1. The minimum atomic E-state index is -2.89. The quantitative estimate of drug-likeness (QED) is 0.671. The van der Waals surface area contributed by atoms with Gasteiger partial charge >= 0.3 is 6.61 Å². The maximum absolute atomic E-state index is 12.5. The summed E-state index contributed by atoms with van der Waals surface area (Å²) < 4.78 is 30.0. The molecule has 1 heterocycles. The highest BCUT2D eigenvalue weighted by Crippen LogP contribution is 2.18. The van der Waals surface area contributed by atoms with E-state index in [1.54, 1.807) is 6.07 Å². The van der Waals surface area contributed by atoms with Gasteiger partial charge in [0.05, 0.1) is 17.2 Å². The number of aromatic nitrogens is 2. The lowest BCUT2D eigenvalue weighted by Gasteiger charge is -2.09. The molecule has 0 radical (unpaired) electrons. The summed E-state index contributed by atoms with van der Waals surface area (Å²) in [6, 6.07) is 11.1. The lowest BCUT2D eigenvalue weighted by Crippen LogP contribution is -2.22. The van der Waals surface area contributed by atoms with Crippen molar-refractivity contribution in [2.75, 3.05) is 5.32 Å². The number of nitrogens with zero attached hydrogens (tertiary/aromatic N) is 2. The van der Waals surface area contributed by atoms with E-state index < -0.39 is 6.61 Å². The van der Waals surface area contributed by atoms with E-state index in [0.717, 1.165) is 5.56 Å². The van der Waals surface area contributed by atoms with E-state index in [-0.39, 0.29) is 23.6 Å². The van der Waals surface area contributed by atoms with Gasteiger partial charge in [0, 0.05) is 18.7 Å². The first kappa shape index (κ1) is 19.5. The fraction of sp³-hybridized carbons (Fsp3) is 0.250. The smallest absolute Gasteiger partial charge is 0.387 e. The van der Waals surface area contributed by atoms with Gasteiger partial charge in [-0.05, 0) is 49.2 Å². The van der Waals surface area contributed by atoms with Crippen LogP contribution in [-0.4, -0.2) is 22.1 Å². The molecule has 1 N–H and O–H groups in total. The van der Waals surface area contributed by atoms with Gasteiger partial charge in [-0.3, -0.25) is 14.2 Å². The van der Waals surface area contributed by atoms with Gasteiger partial charge in [0.2, 0.25) is 5.91 Å². The zero-order chi connectivity index (χ0) is 20.1. The number of hydrogen-bond donors (Lipinski definition) is 1. The number of hydrogen-bond acceptors (Lipinski definition) is 4. The third-order valence-corrected chi connectivity index (χ3v) is 4.22. The zero-order valence-corrected chi connectivity index (χ0v) is 15.2. The van der Waals surface area contributed by atoms with E-state index >= 15 is 0 Å². The van der Waals surface area contributed by atoms with Crippen molar-refractivity contribution in [3.8, 4) is 5.75 Å². The summed E-state index contributed by atoms with van der Waals surface area (Å²) in [5.41, 5.74) is 1.96. The zero-order valence-electron chi connectivity index (χ0n) is 15.2. The molecule has 0 unspecified atom stereocenters. The van der Waals surface area contributed by atoms with E-state index in [2.05, 4.69) is 15.0 Å². The van der Waals surface area contributed by atoms with E-state index in [1.165, 1.54) is 35.2 Å². The molecule has 0 aliphatic rings. The van der Waals surface area contributed by atoms with Crippen molar-refractivity contribution in [1.82, 2.24) is 9.55 Å². The predicted octanol–water partition coefficient (Wildman–Crippen LogP) is 3.73. The highest BCUT2D eigenvalue weighted by atomic mass is 19.3. The van der Waals surface area contributed by atoms with Crippen LogP contribution in [0.25, 0.3) is 10.9 Å². The number of aryl methyl sites for hydroxylation is 2. The van der Waals surface area contributed by atoms with Crippen LogP contribution in [-0.2, 0) is 11.3 Å². The second-order valence-corrected chi connectivity index (χ2v) is 6.27. The first-order valence-corrected chi connectivity index (χ1v) is 8.73. The van der Waals surface area contributed by atoms with Gasteiger partial charge in [-0.1, -0.05) is 12.1 Å². The third-order valence-electron chi connectivity index (χ3n) is 4.22. The van der Waals surface area contributed by atoms with Crippen LogP contribution in [0.5, 0.6) is 5.75 Å². The van der Waals surface area contributed by atoms with E-state index in [0.29, 0.717) is 29.6 Å². The van der Waals surface area contributed by atoms with E-state index in [1.807, 2.05) is 19.1 Å². The standard InChI is InChI=1S/C20H19F2N3O3/c1-13-4-2-5-16-18(13)23-12-25(19(16)27)11-3-6-17(26)24-14-7-9-15(10-8-14)28-20(21)22/h2,4-5,7-10,12,20H,3,6,11H2,1H3,(H,24,26). The summed E-state index contributed by atoms with van der Waals surface area (Å²) in [6.45, 7) is -0.628. The Hall–Kier alpha value is -3.29. The largest absolute Gasteiger partial charge is 0.435 e. The number of nitrogens with one attached hydrogen (secondary N) is 1. The average Bonchev–Trinajstić information content (AvgIpc) is 2.65. The first-order valence-electron chi connectivity index (χ1n) is 8.73. The van der Waals surface area contributed by atoms with Crippen molar-refractivity contribution in [2.24, 2.45) is 0 Å². The number of anilines is 1. The molecule has 2 aromatic carbocycles. The number of rotatable bonds is 7. The molecule has 1 aromatic heterocycles. The Balaban J connectivity index is 1.55. The van der Waals surface area contributed by atoms with Crippen LogP contribution in [0.15, 0.2) is 53.6 Å². The topological polar surface area (TPSA) is 73.2 Å². The molecule has 0 fully saturated rings. The van der Waals surface area contributed by atoms with E-state index in [9.17, 15) is 18.4 Å². The Bertz CT molecular complexity index is 1030. The highest BCUT2D eigenvalue weighted by Gasteiger charge is 2.08. The molecule has 6 nitrogen and oxygen atoms in total. The number of alkyl halides is 2. The van der Waals surface area contributed by atoms with Gasteiger partial charge in [-0.2, -0.15) is 8.78 Å². The molecule has 0 aliphatic heterocycles. The number of fused-ring (bicyclic) bond motifs is 1. The fourth-order valence-corrected chi connectivity index (χ4v) is 2.85. The Kier molecular flexibility index (Phi) is 5.98. The number of halogens is 2. The summed E-state index contributed by atoms with van der Waals surface area (Å²) in [6.07, 6.45) is 2.15. The Morgan fingerprint density at radius 1 is 1.21 bits per heavy atom. The molecular weight excluding hydrogens is 368 g/mol. The Morgan fingerprint density at radius 3 is 2.68 bits per heavy atom. The average molecular weight is 387 g/mol. The molecule has 8 heteroatoms. The maximum atomic E-state index is 12.5. The Labute approximate surface area is 159 Å². The molecule has 28 heavy (non-hydrogen) atoms. The number of carbonyl (C=O) groups excluding carboxylic acids is 1. The summed E-state index contributed by atoms with van der Waals surface area (Å²) in [7, 11) is 0. The van der Waals surface area contributed by atoms with Crippen LogP contribution in [0.3, 0.4) is 0 Å². The summed E-state index contributed by atoms with van der Waals surface area (Å²) in [5, 5.41) is 3.23. The van der Waals surface area contributed by atoms with Crippen molar-refractivity contribution >= 4 is 22.5 Å². The van der Waals surface area contributed by atoms with Crippen molar-refractivity contribution in [1.29, 1.82) is 0 Å². The van der Waals surface area contributed by atoms with Crippen LogP contribution in [0, 0.1) is 6.92 Å². The number of carbonyl (C=O) groups is 1. The molecule has 0 saturated heterocycles. The van der Waals surface area contributed by atoms with Crippen LogP contribution in [0.1, 0.15) is 18.4 Å². The van der Waals surface area contributed by atoms with Crippen LogP contribution >= 0.6 is 0 Å². The predicted molar refractivity (Wildman–Crippen MR) is 102 cm³/mol. The van der Waals surface area contributed by atoms with Gasteiger partial charge in [0.25, 0.3) is 5.56 Å². The van der Waals surface area contributed by atoms with Crippen molar-refractivity contribution in [3.63, 3.8) is 0 Å². The van der Waals surface area contributed by atoms with E-state index in [4.69, 9.17) is 0 Å². The first-order chi connectivity index (χ1) is 13.4. The number of para-hydroxylation sites is 1. The minimum Gasteiger partial charge on any atom is -0.435 e. The molecule has 0 saturated carbocycles. The van der Waals surface area contributed by atoms with Gasteiger partial charge in [-0.15, -0.1) is 0 Å². The van der Waals surface area contributed by atoms with Crippen LogP contribution < -0.4 is 15.6 Å². The fourth-order valence-electron chi connectivity index (χ4n) is 2.85. The summed E-state index contributed by atoms with van der Waals surface area (Å²) >= 11 is 0. The number of benzene rings is 2. The van der Waals surface area contributed by atoms with Crippen LogP contribution in [0.2, 0.25) is 0 Å². The molecule has 0 spiro atoms. The van der Waals surface area contributed by atoms with Crippen LogP contribution in [0.4, 0.5) is 14.5 Å². The minimum absolute atomic E-state index is 0.0198. The normalized spacial score (nSPS) is 11.0. The lowest BCUT2D eigenvalue weighted by atomic mass is 10.1. The molecule has 1 amide bonds. The molecule has 3 rings (SSSR count). The highest BCUT2D eigenvalue weighted by molar-refractivity contribution is 5.90. The lowest BCUT2D eigenvalue weighted by molar-refractivity contribution is -0.116. The Morgan fingerprint density at radius 2 is 1.96 bits per heavy atom. The van der Waals surface area contributed by atoms with Crippen molar-refractivity contribution in [3.05, 3.63) is 64.7 Å². The third kappa shape index (κ3) is 4.70. The number of ether oxygens (including phenoxy) is 1. The van der Waals surface area contributed by atoms with Gasteiger partial charge in [-0.25, -0.2) is 4.98 Å². The molecule has 0 atom stereocenters. The summed E-state index contributed by atoms with van der Waals surface area (Å²) in [5.74, 6) is -0.216. The molecule has 3 aromatic rings. The molecular formula is C20H19F2N3O3. The molecule has 0 bridgehead atoms. The second-order valence-electron chi connectivity index (χ2n) is 6.27. The molecule has 0 aliphatic carbocycles. The second kappa shape index (κ2) is 8.60. The maximum Gasteiger partial charge on any atom is 0.387 e. The van der Waals surface area contributed by atoms with Gasteiger partial charge in [0.15, 0.2) is 0 Å². The van der Waals surface area contributed by atoms with Crippen molar-refractivity contribution in [2.45, 2.75) is 32.9 Å². The van der Waals surface area contributed by atoms with Gasteiger partial charge < -0.3 is 10.1 Å². The summed E-state index contributed by atoms with van der Waals surface area (Å²) in [4.78, 5) is 28.9. The monoisotopic (exact) mass is 387 g/mol. The van der Waals surface area contributed by atoms with Gasteiger partial charge in [0.1, 0.15) is 5.75 Å². The van der Waals surface area contributed by atoms with Crippen molar-refractivity contribution < 1.29 is 18.3 Å². The SMILES string of the molecule is Cc1cccc2c(=O)n(CCCC(=O)Nc3ccc(OC(F)F)cc3)cnc12.